The maximum atomic E-state index is 11.7. The van der Waals surface area contributed by atoms with E-state index in [-0.39, 0.29) is 12.4 Å². The van der Waals surface area contributed by atoms with Gasteiger partial charge in [0.15, 0.2) is 0 Å². The molecular weight excluding hydrogens is 240 g/mol. The fourth-order valence-corrected chi connectivity index (χ4v) is 2.49. The molecule has 96 valence electrons. The molecule has 0 atom stereocenters. The van der Waals surface area contributed by atoms with Gasteiger partial charge in [-0.3, -0.25) is 4.72 Å². The van der Waals surface area contributed by atoms with Crippen molar-refractivity contribution in [2.45, 2.75) is 13.5 Å². The smallest absolute Gasteiger partial charge is 0.235 e. The Morgan fingerprint density at radius 3 is 2.71 bits per heavy atom. The Bertz CT molecular complexity index is 472. The van der Waals surface area contributed by atoms with Gasteiger partial charge in [-0.1, -0.05) is 12.1 Å². The van der Waals surface area contributed by atoms with Crippen molar-refractivity contribution < 1.29 is 13.2 Å². The van der Waals surface area contributed by atoms with Crippen LogP contribution < -0.4 is 10.5 Å². The van der Waals surface area contributed by atoms with Gasteiger partial charge in [-0.2, -0.15) is 0 Å². The summed E-state index contributed by atoms with van der Waals surface area (Å²) in [7, 11) is -1.91. The summed E-state index contributed by atoms with van der Waals surface area (Å²) in [6.07, 6.45) is 0. The van der Waals surface area contributed by atoms with E-state index in [2.05, 4.69) is 4.72 Å². The summed E-state index contributed by atoms with van der Waals surface area (Å²) in [5.74, 6) is -0.0680. The average molecular weight is 258 g/mol. The van der Waals surface area contributed by atoms with Crippen LogP contribution in [0, 0.1) is 6.92 Å². The molecule has 5 nitrogen and oxygen atoms in total. The summed E-state index contributed by atoms with van der Waals surface area (Å²) in [6, 6.07) is 5.40. The van der Waals surface area contributed by atoms with Crippen LogP contribution in [0.3, 0.4) is 0 Å². The van der Waals surface area contributed by atoms with Crippen LogP contribution in [0.5, 0.6) is 0 Å². The molecule has 0 aliphatic carbocycles. The zero-order valence-corrected chi connectivity index (χ0v) is 10.9. The third kappa shape index (κ3) is 3.99. The highest BCUT2D eigenvalue weighted by Crippen LogP contribution is 2.20. The minimum absolute atomic E-state index is 0.0680. The first kappa shape index (κ1) is 14.0. The highest BCUT2D eigenvalue weighted by Gasteiger charge is 2.12. The summed E-state index contributed by atoms with van der Waals surface area (Å²) in [5.41, 5.74) is 7.94. The van der Waals surface area contributed by atoms with Crippen LogP contribution in [0.1, 0.15) is 11.1 Å². The number of aryl methyl sites for hydroxylation is 1. The molecule has 0 aliphatic heterocycles. The van der Waals surface area contributed by atoms with Crippen molar-refractivity contribution in [3.05, 3.63) is 29.3 Å². The van der Waals surface area contributed by atoms with Crippen LogP contribution >= 0.6 is 0 Å². The topological polar surface area (TPSA) is 81.4 Å². The molecule has 0 saturated carbocycles. The lowest BCUT2D eigenvalue weighted by atomic mass is 10.1. The highest BCUT2D eigenvalue weighted by molar-refractivity contribution is 7.92. The van der Waals surface area contributed by atoms with Gasteiger partial charge < -0.3 is 10.5 Å². The van der Waals surface area contributed by atoms with Gasteiger partial charge in [-0.25, -0.2) is 8.42 Å². The molecule has 1 aromatic carbocycles. The molecule has 0 fully saturated rings. The Morgan fingerprint density at radius 2 is 2.12 bits per heavy atom. The van der Waals surface area contributed by atoms with Crippen molar-refractivity contribution in [2.75, 3.05) is 24.2 Å². The average Bonchev–Trinajstić information content (AvgIpc) is 2.26. The van der Waals surface area contributed by atoms with E-state index >= 15 is 0 Å². The number of hydrogen-bond acceptors (Lipinski definition) is 4. The second kappa shape index (κ2) is 6.00. The van der Waals surface area contributed by atoms with Gasteiger partial charge in [0.1, 0.15) is 0 Å². The number of methoxy groups -OCH3 is 1. The molecule has 17 heavy (non-hydrogen) atoms. The molecule has 1 rings (SSSR count). The first-order valence-corrected chi connectivity index (χ1v) is 6.93. The van der Waals surface area contributed by atoms with Crippen LogP contribution in [-0.2, 0) is 21.3 Å². The van der Waals surface area contributed by atoms with Crippen molar-refractivity contribution in [3.8, 4) is 0 Å². The lowest BCUT2D eigenvalue weighted by Gasteiger charge is -2.13. The molecule has 0 heterocycles. The Hall–Kier alpha value is -1.11. The van der Waals surface area contributed by atoms with Gasteiger partial charge in [0.05, 0.1) is 18.0 Å². The number of benzene rings is 1. The minimum Gasteiger partial charge on any atom is -0.384 e. The normalized spacial score (nSPS) is 11.5. The summed E-state index contributed by atoms with van der Waals surface area (Å²) in [6.45, 7) is 2.36. The number of nitrogens with one attached hydrogen (secondary N) is 1. The molecule has 0 radical (unpaired) electrons. The van der Waals surface area contributed by atoms with E-state index in [1.165, 1.54) is 7.11 Å². The van der Waals surface area contributed by atoms with Gasteiger partial charge in [-0.15, -0.1) is 0 Å². The van der Waals surface area contributed by atoms with Crippen molar-refractivity contribution >= 4 is 15.7 Å². The predicted octanol–water partition coefficient (Wildman–Crippen LogP) is 0.842. The second-order valence-electron chi connectivity index (χ2n) is 3.72. The van der Waals surface area contributed by atoms with Crippen LogP contribution in [0.4, 0.5) is 5.69 Å². The second-order valence-corrected chi connectivity index (χ2v) is 5.56. The van der Waals surface area contributed by atoms with Crippen molar-refractivity contribution in [3.63, 3.8) is 0 Å². The van der Waals surface area contributed by atoms with Crippen molar-refractivity contribution in [2.24, 2.45) is 5.73 Å². The van der Waals surface area contributed by atoms with E-state index in [4.69, 9.17) is 10.5 Å². The molecule has 3 N–H and O–H groups in total. The number of nitrogens with two attached hydrogens (primary N) is 1. The summed E-state index contributed by atoms with van der Waals surface area (Å²) in [5, 5.41) is 0. The Morgan fingerprint density at radius 1 is 1.41 bits per heavy atom. The number of anilines is 1. The van der Waals surface area contributed by atoms with Crippen LogP contribution in [0.2, 0.25) is 0 Å². The van der Waals surface area contributed by atoms with Gasteiger partial charge in [0.25, 0.3) is 0 Å². The number of sulfonamides is 1. The minimum atomic E-state index is -3.38. The molecule has 1 aromatic rings. The molecule has 6 heteroatoms. The fraction of sp³-hybridized carbons (Fsp3) is 0.455. The SMILES string of the molecule is COCCS(=O)(=O)Nc1cccc(C)c1CN. The summed E-state index contributed by atoms with van der Waals surface area (Å²) in [4.78, 5) is 0. The standard InChI is InChI=1S/C11H18N2O3S/c1-9-4-3-5-11(10(9)8-12)13-17(14,15)7-6-16-2/h3-5,13H,6-8,12H2,1-2H3. The Kier molecular flexibility index (Phi) is 4.92. The monoisotopic (exact) mass is 258 g/mol. The zero-order chi connectivity index (χ0) is 12.9. The molecule has 0 bridgehead atoms. The van der Waals surface area contributed by atoms with E-state index in [9.17, 15) is 8.42 Å². The van der Waals surface area contributed by atoms with Crippen LogP contribution in [0.25, 0.3) is 0 Å². The van der Waals surface area contributed by atoms with Crippen molar-refractivity contribution in [1.82, 2.24) is 0 Å². The lowest BCUT2D eigenvalue weighted by molar-refractivity contribution is 0.217. The largest absolute Gasteiger partial charge is 0.384 e. The molecule has 0 aliphatic rings. The molecule has 0 amide bonds. The molecule has 0 aromatic heterocycles. The zero-order valence-electron chi connectivity index (χ0n) is 10.1. The molecule has 0 unspecified atom stereocenters. The Balaban J connectivity index is 2.91. The third-order valence-electron chi connectivity index (χ3n) is 2.44. The van der Waals surface area contributed by atoms with Crippen LogP contribution in [0.15, 0.2) is 18.2 Å². The van der Waals surface area contributed by atoms with Crippen LogP contribution in [-0.4, -0.2) is 27.9 Å². The first-order valence-electron chi connectivity index (χ1n) is 5.28. The molecular formula is C11H18N2O3S. The molecule has 0 spiro atoms. The van der Waals surface area contributed by atoms with Gasteiger partial charge in [-0.05, 0) is 24.1 Å². The van der Waals surface area contributed by atoms with Gasteiger partial charge in [0.2, 0.25) is 10.0 Å². The maximum absolute atomic E-state index is 11.7. The fourth-order valence-electron chi connectivity index (χ4n) is 1.48. The van der Waals surface area contributed by atoms with Gasteiger partial charge >= 0.3 is 0 Å². The maximum Gasteiger partial charge on any atom is 0.235 e. The quantitative estimate of drug-likeness (QED) is 0.792. The predicted molar refractivity (Wildman–Crippen MR) is 68.4 cm³/mol. The molecule has 0 saturated heterocycles. The summed E-state index contributed by atoms with van der Waals surface area (Å²) < 4.78 is 30.7. The highest BCUT2D eigenvalue weighted by atomic mass is 32.2. The number of ether oxygens (including phenoxy) is 1. The van der Waals surface area contributed by atoms with E-state index in [1.807, 2.05) is 13.0 Å². The number of rotatable bonds is 6. The Labute approximate surface area is 102 Å². The number of hydrogen-bond donors (Lipinski definition) is 2. The van der Waals surface area contributed by atoms with E-state index in [0.717, 1.165) is 11.1 Å². The van der Waals surface area contributed by atoms with E-state index < -0.39 is 10.0 Å². The van der Waals surface area contributed by atoms with Gasteiger partial charge in [0, 0.05) is 13.7 Å². The first-order chi connectivity index (χ1) is 8.00. The third-order valence-corrected chi connectivity index (χ3v) is 3.67. The summed E-state index contributed by atoms with van der Waals surface area (Å²) >= 11 is 0. The van der Waals surface area contributed by atoms with E-state index in [1.54, 1.807) is 12.1 Å². The lowest BCUT2D eigenvalue weighted by Crippen LogP contribution is -2.21. The van der Waals surface area contributed by atoms with Crippen molar-refractivity contribution in [1.29, 1.82) is 0 Å². The van der Waals surface area contributed by atoms with E-state index in [0.29, 0.717) is 12.2 Å².